The lowest BCUT2D eigenvalue weighted by atomic mass is 10.1. The van der Waals surface area contributed by atoms with Gasteiger partial charge in [0.2, 0.25) is 5.91 Å². The minimum atomic E-state index is -0.460. The number of rotatable bonds is 5. The molecule has 0 aliphatic carbocycles. The van der Waals surface area contributed by atoms with Crippen molar-refractivity contribution >= 4 is 11.8 Å². The van der Waals surface area contributed by atoms with E-state index in [4.69, 9.17) is 5.11 Å². The third kappa shape index (κ3) is 2.59. The van der Waals surface area contributed by atoms with E-state index in [9.17, 15) is 9.59 Å². The van der Waals surface area contributed by atoms with Crippen LogP contribution in [0.3, 0.4) is 0 Å². The monoisotopic (exact) mass is 354 g/mol. The first kappa shape index (κ1) is 16.8. The molecule has 0 unspecified atom stereocenters. The molecule has 0 saturated carbocycles. The summed E-state index contributed by atoms with van der Waals surface area (Å²) in [7, 11) is 0. The third-order valence-electron chi connectivity index (χ3n) is 5.26. The van der Waals surface area contributed by atoms with Gasteiger partial charge in [-0.3, -0.25) is 14.3 Å². The van der Waals surface area contributed by atoms with Crippen molar-refractivity contribution in [3.63, 3.8) is 0 Å². The lowest BCUT2D eigenvalue weighted by Gasteiger charge is -2.29. The molecule has 0 spiro atoms. The molecule has 136 valence electrons. The molecule has 0 saturated heterocycles. The number of carbonyl (C=O) groups excluding carboxylic acids is 2. The van der Waals surface area contributed by atoms with Crippen LogP contribution in [0.15, 0.2) is 30.5 Å². The molecule has 1 N–H and O–H groups in total. The third-order valence-corrected chi connectivity index (χ3v) is 5.26. The van der Waals surface area contributed by atoms with Crippen LogP contribution in [0, 0.1) is 0 Å². The van der Waals surface area contributed by atoms with Crippen LogP contribution in [0.5, 0.6) is 0 Å². The van der Waals surface area contributed by atoms with Crippen LogP contribution >= 0.6 is 0 Å². The zero-order chi connectivity index (χ0) is 18.3. The molecule has 2 aliphatic heterocycles. The maximum absolute atomic E-state index is 13.1. The average molecular weight is 354 g/mol. The summed E-state index contributed by atoms with van der Waals surface area (Å²) in [4.78, 5) is 29.4. The van der Waals surface area contributed by atoms with Gasteiger partial charge in [-0.15, -0.1) is 0 Å². The van der Waals surface area contributed by atoms with Gasteiger partial charge in [0.25, 0.3) is 5.91 Å². The Morgan fingerprint density at radius 1 is 1.23 bits per heavy atom. The fourth-order valence-electron chi connectivity index (χ4n) is 3.92. The van der Waals surface area contributed by atoms with E-state index in [0.717, 1.165) is 16.8 Å². The Morgan fingerprint density at radius 3 is 2.77 bits per heavy atom. The molecule has 0 bridgehead atoms. The quantitative estimate of drug-likeness (QED) is 0.874. The van der Waals surface area contributed by atoms with Gasteiger partial charge in [-0.1, -0.05) is 25.1 Å². The normalized spacial score (nSPS) is 16.8. The van der Waals surface area contributed by atoms with Gasteiger partial charge in [0.15, 0.2) is 0 Å². The summed E-state index contributed by atoms with van der Waals surface area (Å²) < 4.78 is 1.75. The predicted molar refractivity (Wildman–Crippen MR) is 94.0 cm³/mol. The molecular weight excluding hydrogens is 332 g/mol. The molecule has 0 radical (unpaired) electrons. The summed E-state index contributed by atoms with van der Waals surface area (Å²) in [5, 5.41) is 13.4. The second-order valence-corrected chi connectivity index (χ2v) is 6.77. The molecule has 3 heterocycles. The number of nitrogens with zero attached hydrogens (tertiary/aromatic N) is 4. The van der Waals surface area contributed by atoms with E-state index in [1.54, 1.807) is 20.7 Å². The van der Waals surface area contributed by atoms with Crippen molar-refractivity contribution in [3.8, 4) is 0 Å². The molecular formula is C19H22N4O3. The predicted octanol–water partition coefficient (Wildman–Crippen LogP) is 1.15. The lowest BCUT2D eigenvalue weighted by molar-refractivity contribution is -0.137. The minimum Gasteiger partial charge on any atom is -0.394 e. The number of aliphatic hydroxyl groups excluding tert-OH is 1. The van der Waals surface area contributed by atoms with E-state index in [2.05, 4.69) is 5.10 Å². The van der Waals surface area contributed by atoms with Crippen molar-refractivity contribution in [3.05, 3.63) is 52.8 Å². The molecule has 26 heavy (non-hydrogen) atoms. The summed E-state index contributed by atoms with van der Waals surface area (Å²) in [5.41, 5.74) is 3.66. The zero-order valence-electron chi connectivity index (χ0n) is 14.8. The van der Waals surface area contributed by atoms with Crippen molar-refractivity contribution < 1.29 is 14.7 Å². The first-order valence-corrected chi connectivity index (χ1v) is 8.96. The highest BCUT2D eigenvalue weighted by atomic mass is 16.3. The van der Waals surface area contributed by atoms with E-state index < -0.39 is 6.04 Å². The van der Waals surface area contributed by atoms with Crippen LogP contribution in [0.4, 0.5) is 0 Å². The number of amides is 2. The van der Waals surface area contributed by atoms with Gasteiger partial charge >= 0.3 is 0 Å². The highest BCUT2D eigenvalue weighted by Gasteiger charge is 2.38. The van der Waals surface area contributed by atoms with Crippen molar-refractivity contribution in [1.82, 2.24) is 19.6 Å². The summed E-state index contributed by atoms with van der Waals surface area (Å²) in [6.45, 7) is 3.84. The molecule has 1 aromatic heterocycles. The van der Waals surface area contributed by atoms with Crippen molar-refractivity contribution in [2.45, 2.75) is 45.6 Å². The molecule has 1 atom stereocenters. The molecule has 2 aliphatic rings. The average Bonchev–Trinajstić information content (AvgIpc) is 3.31. The Bertz CT molecular complexity index is 860. The number of carbonyl (C=O) groups is 2. The van der Waals surface area contributed by atoms with Crippen LogP contribution in [-0.2, 0) is 31.0 Å². The Kier molecular flexibility index (Phi) is 4.24. The van der Waals surface area contributed by atoms with E-state index in [0.29, 0.717) is 38.2 Å². The van der Waals surface area contributed by atoms with E-state index in [1.807, 2.05) is 31.2 Å². The van der Waals surface area contributed by atoms with E-state index >= 15 is 0 Å². The fourth-order valence-corrected chi connectivity index (χ4v) is 3.92. The van der Waals surface area contributed by atoms with E-state index in [1.165, 1.54) is 0 Å². The van der Waals surface area contributed by atoms with Crippen LogP contribution in [-0.4, -0.2) is 49.1 Å². The zero-order valence-corrected chi connectivity index (χ0v) is 14.8. The van der Waals surface area contributed by atoms with Gasteiger partial charge in [0, 0.05) is 24.2 Å². The van der Waals surface area contributed by atoms with Crippen molar-refractivity contribution in [2.24, 2.45) is 0 Å². The fraction of sp³-hybridized carbons (Fsp3) is 0.421. The standard InChI is InChI=1S/C19H22N4O3/c1-2-16(22-11-13-5-3-4-6-15(13)18(22)25)19(26)21-10-14-9-20-23(7-8-24)17(14)12-21/h3-6,9,16,24H,2,7-8,10-12H2,1H3/t16-/m1/s1. The highest BCUT2D eigenvalue weighted by Crippen LogP contribution is 2.29. The highest BCUT2D eigenvalue weighted by molar-refractivity contribution is 6.01. The maximum Gasteiger partial charge on any atom is 0.255 e. The number of aliphatic hydroxyl groups is 1. The Balaban J connectivity index is 1.52. The van der Waals surface area contributed by atoms with Gasteiger partial charge in [0.05, 0.1) is 31.6 Å². The number of benzene rings is 1. The molecule has 4 rings (SSSR count). The number of hydrogen-bond acceptors (Lipinski definition) is 4. The Hall–Kier alpha value is -2.67. The molecule has 2 amide bonds. The molecule has 1 aromatic carbocycles. The van der Waals surface area contributed by atoms with E-state index in [-0.39, 0.29) is 18.4 Å². The Morgan fingerprint density at radius 2 is 2.04 bits per heavy atom. The maximum atomic E-state index is 13.1. The van der Waals surface area contributed by atoms with Gasteiger partial charge < -0.3 is 14.9 Å². The molecule has 0 fully saturated rings. The topological polar surface area (TPSA) is 78.7 Å². The second-order valence-electron chi connectivity index (χ2n) is 6.77. The summed E-state index contributed by atoms with van der Waals surface area (Å²) in [6.07, 6.45) is 2.34. The first-order valence-electron chi connectivity index (χ1n) is 8.96. The lowest BCUT2D eigenvalue weighted by Crippen LogP contribution is -2.47. The molecule has 2 aromatic rings. The van der Waals surface area contributed by atoms with Gasteiger partial charge in [-0.05, 0) is 18.1 Å². The van der Waals surface area contributed by atoms with Gasteiger partial charge in [0.1, 0.15) is 6.04 Å². The largest absolute Gasteiger partial charge is 0.394 e. The van der Waals surface area contributed by atoms with Gasteiger partial charge in [-0.25, -0.2) is 0 Å². The number of hydrogen-bond donors (Lipinski definition) is 1. The van der Waals surface area contributed by atoms with Crippen LogP contribution in [0.25, 0.3) is 0 Å². The Labute approximate surface area is 151 Å². The number of aromatic nitrogens is 2. The van der Waals surface area contributed by atoms with Crippen molar-refractivity contribution in [1.29, 1.82) is 0 Å². The molecule has 7 nitrogen and oxygen atoms in total. The number of fused-ring (bicyclic) bond motifs is 2. The molecule has 7 heteroatoms. The van der Waals surface area contributed by atoms with Gasteiger partial charge in [-0.2, -0.15) is 5.10 Å². The first-order chi connectivity index (χ1) is 12.6. The summed E-state index contributed by atoms with van der Waals surface area (Å²) in [5.74, 6) is -0.0932. The minimum absolute atomic E-state index is 0.0141. The second kappa shape index (κ2) is 6.57. The van der Waals surface area contributed by atoms with Crippen LogP contribution < -0.4 is 0 Å². The summed E-state index contributed by atoms with van der Waals surface area (Å²) >= 11 is 0. The van der Waals surface area contributed by atoms with Crippen LogP contribution in [0.1, 0.15) is 40.5 Å². The summed E-state index contributed by atoms with van der Waals surface area (Å²) in [6, 6.07) is 7.08. The smallest absolute Gasteiger partial charge is 0.255 e. The SMILES string of the molecule is CC[C@H](C(=O)N1Cc2cnn(CCO)c2C1)N1Cc2ccccc2C1=O. The van der Waals surface area contributed by atoms with Crippen LogP contribution in [0.2, 0.25) is 0 Å². The van der Waals surface area contributed by atoms with Crippen molar-refractivity contribution in [2.75, 3.05) is 6.61 Å².